The summed E-state index contributed by atoms with van der Waals surface area (Å²) in [6.07, 6.45) is -2.78. The highest BCUT2D eigenvalue weighted by molar-refractivity contribution is 9.10. The van der Waals surface area contributed by atoms with E-state index in [0.29, 0.717) is 4.47 Å². The summed E-state index contributed by atoms with van der Waals surface area (Å²) in [7, 11) is 0.773. The number of rotatable bonds is 5. The van der Waals surface area contributed by atoms with Gasteiger partial charge in [-0.2, -0.15) is 13.2 Å². The van der Waals surface area contributed by atoms with E-state index < -0.39 is 29.5 Å². The van der Waals surface area contributed by atoms with Crippen LogP contribution in [0.2, 0.25) is 0 Å². The Morgan fingerprint density at radius 2 is 2.00 bits per heavy atom. The van der Waals surface area contributed by atoms with E-state index in [0.717, 1.165) is 19.4 Å². The Bertz CT molecular complexity index is 750. The third-order valence-corrected chi connectivity index (χ3v) is 3.55. The number of alkyl halides is 3. The molecule has 0 spiro atoms. The van der Waals surface area contributed by atoms with Crippen LogP contribution in [-0.4, -0.2) is 30.8 Å². The fourth-order valence-corrected chi connectivity index (χ4v) is 2.12. The van der Waals surface area contributed by atoms with Crippen molar-refractivity contribution in [2.75, 3.05) is 12.4 Å². The van der Waals surface area contributed by atoms with Gasteiger partial charge in [0.2, 0.25) is 0 Å². The number of halogens is 4. The topological polar surface area (TPSA) is 94.7 Å². The van der Waals surface area contributed by atoms with E-state index in [1.807, 2.05) is 5.32 Å². The van der Waals surface area contributed by atoms with Crippen LogP contribution in [0.1, 0.15) is 10.6 Å². The molecule has 0 aromatic carbocycles. The number of aromatic nitrogens is 1. The van der Waals surface area contributed by atoms with Gasteiger partial charge in [-0.15, -0.1) is 0 Å². The quantitative estimate of drug-likeness (QED) is 0.568. The zero-order valence-corrected chi connectivity index (χ0v) is 14.2. The van der Waals surface area contributed by atoms with Crippen LogP contribution in [-0.2, 0) is 9.53 Å². The zero-order chi connectivity index (χ0) is 18.7. The standard InChI is InChI=1S/C14H11BrF3N3O4/c1-24-12(23)13(14(16,17)18,20-10-5-4-8(15)7-19-10)21-11(22)9-3-2-6-25-9/h2-7H,1H3,(H,19,20)(H,21,22)/p+1/t13-/m0/s1. The number of H-pyrrole nitrogens is 1. The largest absolute Gasteiger partial charge is 0.464 e. The summed E-state index contributed by atoms with van der Waals surface area (Å²) in [5.41, 5.74) is -3.53. The number of carbonyl (C=O) groups is 2. The van der Waals surface area contributed by atoms with Gasteiger partial charge in [-0.3, -0.25) is 10.1 Å². The first kappa shape index (κ1) is 18.8. The molecule has 0 aliphatic rings. The number of pyridine rings is 1. The van der Waals surface area contributed by atoms with E-state index in [1.165, 1.54) is 24.4 Å². The highest BCUT2D eigenvalue weighted by Crippen LogP contribution is 2.32. The average molecular weight is 423 g/mol. The molecule has 0 radical (unpaired) electrons. The number of anilines is 1. The number of furan rings is 1. The lowest BCUT2D eigenvalue weighted by Gasteiger charge is -2.30. The first-order valence-corrected chi connectivity index (χ1v) is 7.45. The van der Waals surface area contributed by atoms with Crippen LogP contribution in [0.4, 0.5) is 19.0 Å². The normalized spacial score (nSPS) is 13.6. The Kier molecular flexibility index (Phi) is 5.36. The number of ether oxygens (including phenoxy) is 1. The second-order valence-electron chi connectivity index (χ2n) is 4.72. The summed E-state index contributed by atoms with van der Waals surface area (Å²) in [6.45, 7) is 0. The first-order chi connectivity index (χ1) is 11.7. The zero-order valence-electron chi connectivity index (χ0n) is 12.6. The lowest BCUT2D eigenvalue weighted by atomic mass is 10.1. The third-order valence-electron chi connectivity index (χ3n) is 3.06. The number of aromatic amines is 1. The Morgan fingerprint density at radius 3 is 2.48 bits per heavy atom. The molecule has 7 nitrogen and oxygen atoms in total. The van der Waals surface area contributed by atoms with E-state index in [1.54, 1.807) is 5.32 Å². The molecule has 0 bridgehead atoms. The third kappa shape index (κ3) is 3.92. The van der Waals surface area contributed by atoms with Crippen LogP contribution in [0.5, 0.6) is 0 Å². The van der Waals surface area contributed by atoms with Crippen molar-refractivity contribution in [3.63, 3.8) is 0 Å². The highest BCUT2D eigenvalue weighted by Gasteiger charge is 2.68. The van der Waals surface area contributed by atoms with E-state index in [9.17, 15) is 22.8 Å². The van der Waals surface area contributed by atoms with E-state index in [-0.39, 0.29) is 5.82 Å². The van der Waals surface area contributed by atoms with Crippen molar-refractivity contribution in [1.29, 1.82) is 0 Å². The van der Waals surface area contributed by atoms with Gasteiger partial charge in [-0.05, 0) is 34.1 Å². The minimum absolute atomic E-state index is 0.189. The molecule has 1 atom stereocenters. The number of carbonyl (C=O) groups excluding carboxylic acids is 2. The first-order valence-electron chi connectivity index (χ1n) is 6.66. The lowest BCUT2D eigenvalue weighted by Crippen LogP contribution is -2.69. The maximum Gasteiger partial charge on any atom is 0.464 e. The fourth-order valence-electron chi connectivity index (χ4n) is 1.87. The minimum Gasteiger partial charge on any atom is -0.464 e. The molecule has 0 saturated heterocycles. The van der Waals surface area contributed by atoms with Crippen LogP contribution in [0.15, 0.2) is 45.6 Å². The minimum atomic E-state index is -5.23. The molecular formula is C14H12BrF3N3O4+. The van der Waals surface area contributed by atoms with Crippen molar-refractivity contribution in [1.82, 2.24) is 5.32 Å². The molecule has 2 heterocycles. The van der Waals surface area contributed by atoms with Crippen molar-refractivity contribution < 1.29 is 36.9 Å². The van der Waals surface area contributed by atoms with Crippen molar-refractivity contribution in [2.24, 2.45) is 0 Å². The fraction of sp³-hybridized carbons (Fsp3) is 0.214. The highest BCUT2D eigenvalue weighted by atomic mass is 79.9. The second kappa shape index (κ2) is 7.13. The maximum absolute atomic E-state index is 13.7. The van der Waals surface area contributed by atoms with Gasteiger partial charge in [-0.1, -0.05) is 0 Å². The summed E-state index contributed by atoms with van der Waals surface area (Å²) in [5.74, 6) is -3.60. The summed E-state index contributed by atoms with van der Waals surface area (Å²) in [6, 6.07) is 5.15. The van der Waals surface area contributed by atoms with E-state index >= 15 is 0 Å². The summed E-state index contributed by atoms with van der Waals surface area (Å²) >= 11 is 3.12. The SMILES string of the molecule is COC(=O)[C@@](NC(=O)c1ccco1)(Nc1ccc(Br)c[nH+]1)C(F)(F)F. The molecule has 0 aliphatic heterocycles. The molecule has 11 heteroatoms. The Balaban J connectivity index is 2.46. The van der Waals surface area contributed by atoms with Crippen LogP contribution < -0.4 is 15.6 Å². The summed E-state index contributed by atoms with van der Waals surface area (Å²) in [5, 5.41) is 3.57. The van der Waals surface area contributed by atoms with E-state index in [2.05, 4.69) is 25.7 Å². The predicted molar refractivity (Wildman–Crippen MR) is 81.3 cm³/mol. The van der Waals surface area contributed by atoms with Gasteiger partial charge in [0.15, 0.2) is 5.76 Å². The second-order valence-corrected chi connectivity index (χ2v) is 5.63. The molecule has 1 amide bonds. The Hall–Kier alpha value is -2.56. The van der Waals surface area contributed by atoms with Gasteiger partial charge in [-0.25, -0.2) is 15.1 Å². The lowest BCUT2D eigenvalue weighted by molar-refractivity contribution is -0.363. The maximum atomic E-state index is 13.7. The molecule has 2 aromatic rings. The number of nitrogens with one attached hydrogen (secondary N) is 3. The number of amides is 1. The average Bonchev–Trinajstić information content (AvgIpc) is 3.09. The predicted octanol–water partition coefficient (Wildman–Crippen LogP) is 2.13. The van der Waals surface area contributed by atoms with Crippen LogP contribution in [0, 0.1) is 0 Å². The molecule has 2 aromatic heterocycles. The molecule has 134 valence electrons. The van der Waals surface area contributed by atoms with Gasteiger partial charge >= 0.3 is 17.8 Å². The van der Waals surface area contributed by atoms with Crippen LogP contribution in [0.25, 0.3) is 0 Å². The number of methoxy groups -OCH3 is 1. The van der Waals surface area contributed by atoms with Gasteiger partial charge in [0, 0.05) is 6.07 Å². The molecule has 0 fully saturated rings. The number of hydrogen-bond acceptors (Lipinski definition) is 5. The summed E-state index contributed by atoms with van der Waals surface area (Å²) < 4.78 is 50.8. The molecule has 0 saturated carbocycles. The molecule has 25 heavy (non-hydrogen) atoms. The van der Waals surface area contributed by atoms with Crippen molar-refractivity contribution in [3.05, 3.63) is 47.0 Å². The number of esters is 1. The van der Waals surface area contributed by atoms with Gasteiger partial charge in [0.25, 0.3) is 11.7 Å². The van der Waals surface area contributed by atoms with Gasteiger partial charge < -0.3 is 9.15 Å². The summed E-state index contributed by atoms with van der Waals surface area (Å²) in [4.78, 5) is 26.6. The molecular weight excluding hydrogens is 411 g/mol. The van der Waals surface area contributed by atoms with Crippen molar-refractivity contribution in [2.45, 2.75) is 11.8 Å². The Morgan fingerprint density at radius 1 is 1.28 bits per heavy atom. The monoisotopic (exact) mass is 422 g/mol. The molecule has 0 unspecified atom stereocenters. The van der Waals surface area contributed by atoms with E-state index in [4.69, 9.17) is 4.42 Å². The molecule has 2 rings (SSSR count). The molecule has 0 aliphatic carbocycles. The van der Waals surface area contributed by atoms with Gasteiger partial charge in [0.05, 0.1) is 17.8 Å². The molecule has 3 N–H and O–H groups in total. The van der Waals surface area contributed by atoms with Crippen molar-refractivity contribution >= 4 is 33.6 Å². The van der Waals surface area contributed by atoms with Crippen LogP contribution >= 0.6 is 15.9 Å². The Labute approximate surface area is 147 Å². The van der Waals surface area contributed by atoms with Crippen molar-refractivity contribution in [3.8, 4) is 0 Å². The number of hydrogen-bond donors (Lipinski definition) is 2. The smallest absolute Gasteiger partial charge is 0.464 e. The van der Waals surface area contributed by atoms with Crippen LogP contribution in [0.3, 0.4) is 0 Å². The van der Waals surface area contributed by atoms with Gasteiger partial charge in [0.1, 0.15) is 6.20 Å².